The molecule has 0 fully saturated rings. The van der Waals surface area contributed by atoms with Crippen LogP contribution in [0.15, 0.2) is 24.3 Å². The summed E-state index contributed by atoms with van der Waals surface area (Å²) in [6.07, 6.45) is -0.781. The molecule has 8 nitrogen and oxygen atoms in total. The van der Waals surface area contributed by atoms with Gasteiger partial charge >= 0.3 is 6.09 Å². The van der Waals surface area contributed by atoms with E-state index in [-0.39, 0.29) is 31.6 Å². The maximum Gasteiger partial charge on any atom is 0.413 e. The van der Waals surface area contributed by atoms with Gasteiger partial charge in [0.05, 0.1) is 36.0 Å². The first-order chi connectivity index (χ1) is 13.3. The number of nitrogens with one attached hydrogen (secondary N) is 1. The van der Waals surface area contributed by atoms with Crippen molar-refractivity contribution in [2.75, 3.05) is 33.3 Å². The number of imide groups is 1. The Morgan fingerprint density at radius 1 is 1.21 bits per heavy atom. The smallest absolute Gasteiger partial charge is 0.413 e. The normalized spacial score (nSPS) is 12.0. The van der Waals surface area contributed by atoms with Crippen molar-refractivity contribution in [1.29, 1.82) is 0 Å². The van der Waals surface area contributed by atoms with Gasteiger partial charge in [-0.2, -0.15) is 0 Å². The van der Waals surface area contributed by atoms with Crippen molar-refractivity contribution in [2.24, 2.45) is 0 Å². The lowest BCUT2D eigenvalue weighted by molar-refractivity contribution is -0.133. The van der Waals surface area contributed by atoms with Crippen molar-refractivity contribution in [3.05, 3.63) is 29.3 Å². The van der Waals surface area contributed by atoms with Crippen molar-refractivity contribution in [3.63, 3.8) is 0 Å². The van der Waals surface area contributed by atoms with Crippen LogP contribution in [0.25, 0.3) is 10.2 Å². The van der Waals surface area contributed by atoms with Gasteiger partial charge in [-0.05, 0) is 32.5 Å². The summed E-state index contributed by atoms with van der Waals surface area (Å²) in [5.74, 6) is -0.632. The molecule has 0 spiro atoms. The average Bonchev–Trinajstić information content (AvgIpc) is 3.10. The SMILES string of the molecule is CCOC(=O)NC(=O)CN(CC)CC(=O)N(C)[C@@H](C)c1nc2ccccc2s1. The van der Waals surface area contributed by atoms with Gasteiger partial charge in [0.1, 0.15) is 5.01 Å². The predicted octanol–water partition coefficient (Wildman–Crippen LogP) is 2.41. The van der Waals surface area contributed by atoms with Gasteiger partial charge in [-0.15, -0.1) is 11.3 Å². The van der Waals surface area contributed by atoms with E-state index in [2.05, 4.69) is 15.0 Å². The first-order valence-corrected chi connectivity index (χ1v) is 9.97. The Morgan fingerprint density at radius 2 is 1.93 bits per heavy atom. The Hall–Kier alpha value is -2.52. The molecular formula is C19H26N4O4S. The Balaban J connectivity index is 1.95. The molecule has 9 heteroatoms. The van der Waals surface area contributed by atoms with E-state index in [9.17, 15) is 14.4 Å². The third-order valence-electron chi connectivity index (χ3n) is 4.33. The number of benzene rings is 1. The number of hydrogen-bond acceptors (Lipinski definition) is 7. The Bertz CT molecular complexity index is 805. The Labute approximate surface area is 168 Å². The van der Waals surface area contributed by atoms with Gasteiger partial charge < -0.3 is 9.64 Å². The molecular weight excluding hydrogens is 380 g/mol. The van der Waals surface area contributed by atoms with Gasteiger partial charge in [-0.25, -0.2) is 9.78 Å². The maximum atomic E-state index is 12.7. The molecule has 0 aliphatic heterocycles. The summed E-state index contributed by atoms with van der Waals surface area (Å²) in [5, 5.41) is 3.00. The summed E-state index contributed by atoms with van der Waals surface area (Å²) in [7, 11) is 1.73. The van der Waals surface area contributed by atoms with E-state index in [1.165, 1.54) is 0 Å². The van der Waals surface area contributed by atoms with Crippen LogP contribution in [0.3, 0.4) is 0 Å². The van der Waals surface area contributed by atoms with Gasteiger partial charge in [0.15, 0.2) is 0 Å². The number of nitrogens with zero attached hydrogens (tertiary/aromatic N) is 3. The number of hydrogen-bond donors (Lipinski definition) is 1. The second-order valence-electron chi connectivity index (χ2n) is 6.27. The molecule has 1 aromatic heterocycles. The number of para-hydroxylation sites is 1. The molecule has 0 unspecified atom stereocenters. The average molecular weight is 407 g/mol. The highest BCUT2D eigenvalue weighted by Crippen LogP contribution is 2.28. The van der Waals surface area contributed by atoms with Gasteiger partial charge in [0.2, 0.25) is 11.8 Å². The van der Waals surface area contributed by atoms with E-state index in [4.69, 9.17) is 0 Å². The first-order valence-electron chi connectivity index (χ1n) is 9.15. The number of rotatable bonds is 8. The summed E-state index contributed by atoms with van der Waals surface area (Å²) >= 11 is 1.56. The summed E-state index contributed by atoms with van der Waals surface area (Å²) in [6, 6.07) is 7.67. The Morgan fingerprint density at radius 3 is 2.57 bits per heavy atom. The van der Waals surface area contributed by atoms with Crippen LogP contribution in [0.1, 0.15) is 31.8 Å². The van der Waals surface area contributed by atoms with Crippen LogP contribution in [-0.2, 0) is 14.3 Å². The molecule has 2 rings (SSSR count). The first kappa shape index (κ1) is 21.8. The van der Waals surface area contributed by atoms with E-state index < -0.39 is 12.0 Å². The molecule has 1 N–H and O–H groups in total. The zero-order valence-electron chi connectivity index (χ0n) is 16.6. The minimum absolute atomic E-state index is 0.0651. The zero-order valence-corrected chi connectivity index (χ0v) is 17.4. The molecule has 0 saturated carbocycles. The largest absolute Gasteiger partial charge is 0.450 e. The van der Waals surface area contributed by atoms with Crippen molar-refractivity contribution in [1.82, 2.24) is 20.1 Å². The fourth-order valence-corrected chi connectivity index (χ4v) is 3.62. The highest BCUT2D eigenvalue weighted by atomic mass is 32.1. The lowest BCUT2D eigenvalue weighted by Crippen LogP contribution is -2.45. The van der Waals surface area contributed by atoms with Gasteiger partial charge in [0.25, 0.3) is 0 Å². The van der Waals surface area contributed by atoms with Crippen molar-refractivity contribution in [3.8, 4) is 0 Å². The van der Waals surface area contributed by atoms with E-state index in [0.29, 0.717) is 6.54 Å². The summed E-state index contributed by atoms with van der Waals surface area (Å²) < 4.78 is 5.76. The number of likely N-dealkylation sites (N-methyl/N-ethyl adjacent to an activating group) is 2. The van der Waals surface area contributed by atoms with Crippen molar-refractivity contribution in [2.45, 2.75) is 26.8 Å². The zero-order chi connectivity index (χ0) is 20.7. The molecule has 28 heavy (non-hydrogen) atoms. The molecule has 0 aliphatic carbocycles. The maximum absolute atomic E-state index is 12.7. The summed E-state index contributed by atoms with van der Waals surface area (Å²) in [5.41, 5.74) is 0.918. The summed E-state index contributed by atoms with van der Waals surface area (Å²) in [4.78, 5) is 43.8. The van der Waals surface area contributed by atoms with Crippen molar-refractivity contribution < 1.29 is 19.1 Å². The van der Waals surface area contributed by atoms with Crippen LogP contribution >= 0.6 is 11.3 Å². The monoisotopic (exact) mass is 406 g/mol. The molecule has 1 heterocycles. The van der Waals surface area contributed by atoms with Crippen LogP contribution in [0.2, 0.25) is 0 Å². The molecule has 1 atom stereocenters. The fourth-order valence-electron chi connectivity index (χ4n) is 2.56. The van der Waals surface area contributed by atoms with Crippen LogP contribution in [0, 0.1) is 0 Å². The van der Waals surface area contributed by atoms with E-state index in [1.807, 2.05) is 38.1 Å². The summed E-state index contributed by atoms with van der Waals surface area (Å²) in [6.45, 7) is 6.11. The predicted molar refractivity (Wildman–Crippen MR) is 108 cm³/mol. The quantitative estimate of drug-likeness (QED) is 0.724. The number of amides is 3. The number of thiazole rings is 1. The number of carbonyl (C=O) groups excluding carboxylic acids is 3. The second-order valence-corrected chi connectivity index (χ2v) is 7.33. The van der Waals surface area contributed by atoms with Crippen LogP contribution in [0.4, 0.5) is 4.79 Å². The molecule has 152 valence electrons. The standard InChI is InChI=1S/C19H26N4O4S/c1-5-23(11-16(24)21-19(26)27-6-2)12-17(25)22(4)13(3)18-20-14-9-7-8-10-15(14)28-18/h7-10,13H,5-6,11-12H2,1-4H3,(H,21,24,26)/t13-/m0/s1. The van der Waals surface area contributed by atoms with E-state index in [1.54, 1.807) is 35.1 Å². The second kappa shape index (κ2) is 10.1. The highest BCUT2D eigenvalue weighted by molar-refractivity contribution is 7.18. The van der Waals surface area contributed by atoms with E-state index in [0.717, 1.165) is 15.2 Å². The molecule has 0 bridgehead atoms. The van der Waals surface area contributed by atoms with Crippen LogP contribution in [-0.4, -0.2) is 66.0 Å². The van der Waals surface area contributed by atoms with E-state index >= 15 is 0 Å². The number of ether oxygens (including phenoxy) is 1. The number of fused-ring (bicyclic) bond motifs is 1. The van der Waals surface area contributed by atoms with Crippen LogP contribution < -0.4 is 5.32 Å². The van der Waals surface area contributed by atoms with Gasteiger partial charge in [0, 0.05) is 7.05 Å². The number of aromatic nitrogens is 1. The molecule has 0 aliphatic rings. The lowest BCUT2D eigenvalue weighted by atomic mass is 10.3. The molecule has 2 aromatic rings. The van der Waals surface area contributed by atoms with Crippen LogP contribution in [0.5, 0.6) is 0 Å². The molecule has 1 aromatic carbocycles. The minimum Gasteiger partial charge on any atom is -0.450 e. The molecule has 0 saturated heterocycles. The third-order valence-corrected chi connectivity index (χ3v) is 5.54. The molecule has 3 amide bonds. The third kappa shape index (κ3) is 5.74. The lowest BCUT2D eigenvalue weighted by Gasteiger charge is -2.27. The highest BCUT2D eigenvalue weighted by Gasteiger charge is 2.23. The molecule has 0 radical (unpaired) electrons. The number of alkyl carbamates (subject to hydrolysis) is 1. The van der Waals surface area contributed by atoms with Gasteiger partial charge in [-0.1, -0.05) is 19.1 Å². The topological polar surface area (TPSA) is 91.8 Å². The van der Waals surface area contributed by atoms with Crippen molar-refractivity contribution >= 4 is 39.5 Å². The number of carbonyl (C=O) groups is 3. The fraction of sp³-hybridized carbons (Fsp3) is 0.474. The minimum atomic E-state index is -0.781. The Kier molecular flexibility index (Phi) is 7.89. The van der Waals surface area contributed by atoms with Gasteiger partial charge in [-0.3, -0.25) is 19.8 Å².